The van der Waals surface area contributed by atoms with Gasteiger partial charge in [-0.15, -0.1) is 0 Å². The van der Waals surface area contributed by atoms with Crippen molar-refractivity contribution in [2.75, 3.05) is 32.7 Å². The maximum Gasteiger partial charge on any atom is 0.243 e. The molecule has 0 bridgehead atoms. The fourth-order valence-electron chi connectivity index (χ4n) is 4.31. The summed E-state index contributed by atoms with van der Waals surface area (Å²) in [5.41, 5.74) is 5.97. The summed E-state index contributed by atoms with van der Waals surface area (Å²) in [6.45, 7) is 2.41. The SMILES string of the molecule is NCC1(CC(=O)N2CCCN(S(=O)(=O)c3ccccc3)CC2)CCCCC1. The first-order chi connectivity index (χ1) is 13.0. The highest BCUT2D eigenvalue weighted by molar-refractivity contribution is 7.89. The maximum absolute atomic E-state index is 12.9. The van der Waals surface area contributed by atoms with Crippen molar-refractivity contribution in [1.29, 1.82) is 0 Å². The van der Waals surface area contributed by atoms with Gasteiger partial charge in [0.05, 0.1) is 4.90 Å². The highest BCUT2D eigenvalue weighted by atomic mass is 32.2. The summed E-state index contributed by atoms with van der Waals surface area (Å²) in [6.07, 6.45) is 6.73. The van der Waals surface area contributed by atoms with Crippen molar-refractivity contribution in [1.82, 2.24) is 9.21 Å². The molecule has 1 saturated heterocycles. The number of amides is 1. The minimum atomic E-state index is -3.50. The van der Waals surface area contributed by atoms with Crippen molar-refractivity contribution in [3.8, 4) is 0 Å². The van der Waals surface area contributed by atoms with E-state index in [1.54, 1.807) is 30.3 Å². The molecule has 1 aromatic rings. The summed E-state index contributed by atoms with van der Waals surface area (Å²) in [5.74, 6) is 0.126. The molecule has 1 amide bonds. The molecule has 7 heteroatoms. The molecule has 0 radical (unpaired) electrons. The Morgan fingerprint density at radius 1 is 0.963 bits per heavy atom. The van der Waals surface area contributed by atoms with Gasteiger partial charge in [0.1, 0.15) is 0 Å². The van der Waals surface area contributed by atoms with Gasteiger partial charge in [0.25, 0.3) is 0 Å². The fraction of sp³-hybridized carbons (Fsp3) is 0.650. The van der Waals surface area contributed by atoms with E-state index >= 15 is 0 Å². The Kier molecular flexibility index (Phi) is 6.55. The number of sulfonamides is 1. The molecule has 1 aromatic carbocycles. The van der Waals surface area contributed by atoms with E-state index in [0.29, 0.717) is 50.5 Å². The number of rotatable bonds is 5. The number of hydrogen-bond donors (Lipinski definition) is 1. The lowest BCUT2D eigenvalue weighted by atomic mass is 9.71. The van der Waals surface area contributed by atoms with Crippen molar-refractivity contribution >= 4 is 15.9 Å². The summed E-state index contributed by atoms with van der Waals surface area (Å²) < 4.78 is 27.2. The van der Waals surface area contributed by atoms with Crippen LogP contribution in [0.3, 0.4) is 0 Å². The smallest absolute Gasteiger partial charge is 0.243 e. The summed E-state index contributed by atoms with van der Waals surface area (Å²) in [5, 5.41) is 0. The Hall–Kier alpha value is -1.44. The second kappa shape index (κ2) is 8.71. The van der Waals surface area contributed by atoms with Crippen molar-refractivity contribution < 1.29 is 13.2 Å². The van der Waals surface area contributed by atoms with Gasteiger partial charge < -0.3 is 10.6 Å². The first kappa shape index (κ1) is 20.3. The van der Waals surface area contributed by atoms with Crippen LogP contribution in [0.15, 0.2) is 35.2 Å². The minimum Gasteiger partial charge on any atom is -0.341 e. The van der Waals surface area contributed by atoms with E-state index in [1.165, 1.54) is 10.7 Å². The summed E-state index contributed by atoms with van der Waals surface area (Å²) >= 11 is 0. The van der Waals surface area contributed by atoms with Gasteiger partial charge in [0.15, 0.2) is 0 Å². The van der Waals surface area contributed by atoms with Gasteiger partial charge in [0.2, 0.25) is 15.9 Å². The molecule has 1 heterocycles. The summed E-state index contributed by atoms with van der Waals surface area (Å²) in [6, 6.07) is 8.52. The van der Waals surface area contributed by atoms with Crippen molar-refractivity contribution in [3.05, 3.63) is 30.3 Å². The second-order valence-corrected chi connectivity index (χ2v) is 9.83. The van der Waals surface area contributed by atoms with Crippen LogP contribution in [0.2, 0.25) is 0 Å². The minimum absolute atomic E-state index is 0.0581. The Balaban J connectivity index is 1.63. The fourth-order valence-corrected chi connectivity index (χ4v) is 5.80. The molecule has 0 atom stereocenters. The predicted octanol–water partition coefficient (Wildman–Crippen LogP) is 2.21. The zero-order valence-electron chi connectivity index (χ0n) is 16.0. The van der Waals surface area contributed by atoms with E-state index < -0.39 is 10.0 Å². The van der Waals surface area contributed by atoms with Crippen LogP contribution >= 0.6 is 0 Å². The summed E-state index contributed by atoms with van der Waals surface area (Å²) in [7, 11) is -3.50. The molecule has 1 aliphatic heterocycles. The lowest BCUT2D eigenvalue weighted by Gasteiger charge is -2.37. The summed E-state index contributed by atoms with van der Waals surface area (Å²) in [4.78, 5) is 15.1. The van der Waals surface area contributed by atoms with Gasteiger partial charge in [0, 0.05) is 32.6 Å². The molecule has 0 spiro atoms. The predicted molar refractivity (Wildman–Crippen MR) is 106 cm³/mol. The third-order valence-electron chi connectivity index (χ3n) is 6.06. The number of carbonyl (C=O) groups excluding carboxylic acids is 1. The Morgan fingerprint density at radius 3 is 2.33 bits per heavy atom. The van der Waals surface area contributed by atoms with E-state index in [-0.39, 0.29) is 11.3 Å². The molecule has 27 heavy (non-hydrogen) atoms. The zero-order chi connectivity index (χ0) is 19.3. The van der Waals surface area contributed by atoms with E-state index in [9.17, 15) is 13.2 Å². The quantitative estimate of drug-likeness (QED) is 0.831. The highest BCUT2D eigenvalue weighted by Gasteiger charge is 2.35. The van der Waals surface area contributed by atoms with Gasteiger partial charge in [-0.05, 0) is 43.4 Å². The molecular weight excluding hydrogens is 362 g/mol. The van der Waals surface area contributed by atoms with Crippen LogP contribution in [0.4, 0.5) is 0 Å². The van der Waals surface area contributed by atoms with Crippen LogP contribution in [-0.2, 0) is 14.8 Å². The van der Waals surface area contributed by atoms with E-state index in [4.69, 9.17) is 5.73 Å². The van der Waals surface area contributed by atoms with Crippen LogP contribution in [-0.4, -0.2) is 56.3 Å². The topological polar surface area (TPSA) is 83.7 Å². The van der Waals surface area contributed by atoms with Gasteiger partial charge in [-0.1, -0.05) is 37.5 Å². The van der Waals surface area contributed by atoms with Crippen LogP contribution < -0.4 is 5.73 Å². The molecule has 0 unspecified atom stereocenters. The van der Waals surface area contributed by atoms with Gasteiger partial charge in [-0.3, -0.25) is 4.79 Å². The third-order valence-corrected chi connectivity index (χ3v) is 7.97. The number of hydrogen-bond acceptors (Lipinski definition) is 4. The maximum atomic E-state index is 12.9. The number of nitrogens with zero attached hydrogens (tertiary/aromatic N) is 2. The van der Waals surface area contributed by atoms with E-state index in [2.05, 4.69) is 0 Å². The van der Waals surface area contributed by atoms with Crippen LogP contribution in [0.5, 0.6) is 0 Å². The second-order valence-electron chi connectivity index (χ2n) is 7.89. The number of nitrogens with two attached hydrogens (primary N) is 1. The Bertz CT molecular complexity index is 730. The normalized spacial score (nSPS) is 21.6. The lowest BCUT2D eigenvalue weighted by Crippen LogP contribution is -2.42. The van der Waals surface area contributed by atoms with Gasteiger partial charge >= 0.3 is 0 Å². The molecule has 2 fully saturated rings. The zero-order valence-corrected chi connectivity index (χ0v) is 16.8. The number of carbonyl (C=O) groups is 1. The largest absolute Gasteiger partial charge is 0.341 e. The van der Waals surface area contributed by atoms with Crippen molar-refractivity contribution in [3.63, 3.8) is 0 Å². The van der Waals surface area contributed by atoms with Gasteiger partial charge in [-0.2, -0.15) is 4.31 Å². The standard InChI is InChI=1S/C20H31N3O3S/c21-17-20(10-5-2-6-11-20)16-19(24)22-12-7-13-23(15-14-22)27(25,26)18-8-3-1-4-9-18/h1,3-4,8-9H,2,5-7,10-17,21H2. The lowest BCUT2D eigenvalue weighted by molar-refractivity contribution is -0.134. The van der Waals surface area contributed by atoms with E-state index in [1.807, 2.05) is 4.90 Å². The molecular formula is C20H31N3O3S. The van der Waals surface area contributed by atoms with Gasteiger partial charge in [-0.25, -0.2) is 8.42 Å². The first-order valence-corrected chi connectivity index (χ1v) is 11.4. The first-order valence-electron chi connectivity index (χ1n) is 10.00. The highest BCUT2D eigenvalue weighted by Crippen LogP contribution is 2.38. The molecule has 2 N–H and O–H groups in total. The van der Waals surface area contributed by atoms with Crippen LogP contribution in [0.25, 0.3) is 0 Å². The monoisotopic (exact) mass is 393 g/mol. The average Bonchev–Trinajstić information content (AvgIpc) is 2.96. The Morgan fingerprint density at radius 2 is 1.67 bits per heavy atom. The Labute approximate surface area is 162 Å². The molecule has 2 aliphatic rings. The molecule has 6 nitrogen and oxygen atoms in total. The average molecular weight is 394 g/mol. The van der Waals surface area contributed by atoms with Crippen LogP contribution in [0, 0.1) is 5.41 Å². The molecule has 0 aromatic heterocycles. The molecule has 1 aliphatic carbocycles. The van der Waals surface area contributed by atoms with Crippen LogP contribution in [0.1, 0.15) is 44.9 Å². The molecule has 1 saturated carbocycles. The third kappa shape index (κ3) is 4.70. The number of benzene rings is 1. The molecule has 150 valence electrons. The van der Waals surface area contributed by atoms with E-state index in [0.717, 1.165) is 25.7 Å². The van der Waals surface area contributed by atoms with Crippen molar-refractivity contribution in [2.45, 2.75) is 49.8 Å². The molecule has 3 rings (SSSR count). The van der Waals surface area contributed by atoms with Crippen molar-refractivity contribution in [2.24, 2.45) is 11.1 Å².